The van der Waals surface area contributed by atoms with Gasteiger partial charge in [0.15, 0.2) is 0 Å². The van der Waals surface area contributed by atoms with Crippen LogP contribution >= 0.6 is 0 Å². The van der Waals surface area contributed by atoms with Gasteiger partial charge in [0, 0.05) is 6.04 Å². The summed E-state index contributed by atoms with van der Waals surface area (Å²) in [6.45, 7) is 3.25. The molecule has 0 aliphatic carbocycles. The lowest BCUT2D eigenvalue weighted by Crippen LogP contribution is -2.37. The van der Waals surface area contributed by atoms with Crippen LogP contribution in [-0.2, 0) is 10.0 Å². The molecule has 0 bridgehead atoms. The van der Waals surface area contributed by atoms with Crippen molar-refractivity contribution in [3.63, 3.8) is 0 Å². The van der Waals surface area contributed by atoms with Crippen LogP contribution in [0.1, 0.15) is 18.9 Å². The van der Waals surface area contributed by atoms with Crippen molar-refractivity contribution in [2.75, 3.05) is 12.3 Å². The number of hydrogen-bond donors (Lipinski definition) is 3. The highest BCUT2D eigenvalue weighted by Crippen LogP contribution is 2.22. The number of anilines is 1. The topological polar surface area (TPSA) is 92.4 Å². The molecule has 0 aliphatic rings. The molecule has 1 rings (SSSR count). The number of nitrogen functional groups attached to an aromatic ring is 1. The molecular weight excluding hydrogens is 240 g/mol. The van der Waals surface area contributed by atoms with E-state index in [-0.39, 0.29) is 17.2 Å². The minimum absolute atomic E-state index is 0.0897. The molecule has 0 aliphatic heterocycles. The first-order valence-corrected chi connectivity index (χ1v) is 6.89. The normalized spacial score (nSPS) is 13.6. The Balaban J connectivity index is 3.14. The van der Waals surface area contributed by atoms with Gasteiger partial charge in [0.1, 0.15) is 4.90 Å². The van der Waals surface area contributed by atoms with Crippen molar-refractivity contribution in [1.29, 1.82) is 0 Å². The van der Waals surface area contributed by atoms with Crippen LogP contribution in [0.4, 0.5) is 5.69 Å². The van der Waals surface area contributed by atoms with Crippen LogP contribution in [0.3, 0.4) is 0 Å². The Labute approximate surface area is 102 Å². The van der Waals surface area contributed by atoms with Gasteiger partial charge in [0.05, 0.1) is 12.3 Å². The summed E-state index contributed by atoms with van der Waals surface area (Å²) in [5.74, 6) is 0. The molecular formula is C11H18N2O3S. The van der Waals surface area contributed by atoms with E-state index in [1.54, 1.807) is 32.0 Å². The number of rotatable bonds is 5. The molecule has 96 valence electrons. The Kier molecular flexibility index (Phi) is 4.50. The molecule has 1 aromatic carbocycles. The maximum absolute atomic E-state index is 12.1. The summed E-state index contributed by atoms with van der Waals surface area (Å²) in [5, 5.41) is 9.02. The van der Waals surface area contributed by atoms with Gasteiger partial charge in [-0.05, 0) is 25.0 Å². The zero-order chi connectivity index (χ0) is 13.1. The van der Waals surface area contributed by atoms with E-state index in [1.807, 2.05) is 0 Å². The standard InChI is InChI=1S/C11H18N2O3S/c1-3-9(7-14)13-17(15,16)11-8(2)5-4-6-10(11)12/h4-6,9,13-14H,3,7,12H2,1-2H3/t9-/m1/s1. The Hall–Kier alpha value is -1.11. The fraction of sp³-hybridized carbons (Fsp3) is 0.455. The van der Waals surface area contributed by atoms with Crippen molar-refractivity contribution >= 4 is 15.7 Å². The lowest BCUT2D eigenvalue weighted by Gasteiger charge is -2.16. The number of aliphatic hydroxyl groups excluding tert-OH is 1. The molecule has 1 atom stereocenters. The number of aryl methyl sites for hydroxylation is 1. The fourth-order valence-electron chi connectivity index (χ4n) is 1.57. The predicted molar refractivity (Wildman–Crippen MR) is 67.1 cm³/mol. The molecule has 0 aromatic heterocycles. The van der Waals surface area contributed by atoms with Crippen LogP contribution in [0, 0.1) is 6.92 Å². The van der Waals surface area contributed by atoms with Crippen molar-refractivity contribution < 1.29 is 13.5 Å². The van der Waals surface area contributed by atoms with E-state index in [1.165, 1.54) is 0 Å². The van der Waals surface area contributed by atoms with Crippen molar-refractivity contribution in [1.82, 2.24) is 4.72 Å². The van der Waals surface area contributed by atoms with Gasteiger partial charge in [-0.15, -0.1) is 0 Å². The van der Waals surface area contributed by atoms with Gasteiger partial charge in [-0.3, -0.25) is 0 Å². The van der Waals surface area contributed by atoms with Gasteiger partial charge in [0.25, 0.3) is 0 Å². The second-order valence-corrected chi connectivity index (χ2v) is 5.55. The summed E-state index contributed by atoms with van der Waals surface area (Å²) < 4.78 is 26.6. The number of sulfonamides is 1. The molecule has 0 fully saturated rings. The third-order valence-corrected chi connectivity index (χ3v) is 4.28. The van der Waals surface area contributed by atoms with E-state index in [9.17, 15) is 8.42 Å². The predicted octanol–water partition coefficient (Wildman–Crippen LogP) is 0.626. The lowest BCUT2D eigenvalue weighted by molar-refractivity contribution is 0.254. The van der Waals surface area contributed by atoms with E-state index in [4.69, 9.17) is 10.8 Å². The van der Waals surface area contributed by atoms with E-state index in [2.05, 4.69) is 4.72 Å². The van der Waals surface area contributed by atoms with E-state index < -0.39 is 16.1 Å². The number of hydrogen-bond acceptors (Lipinski definition) is 4. The summed E-state index contributed by atoms with van der Waals surface area (Å²) in [5.41, 5.74) is 6.49. The molecule has 0 saturated heterocycles. The highest BCUT2D eigenvalue weighted by molar-refractivity contribution is 7.89. The summed E-state index contributed by atoms with van der Waals surface area (Å²) >= 11 is 0. The maximum atomic E-state index is 12.1. The molecule has 0 unspecified atom stereocenters. The van der Waals surface area contributed by atoms with Crippen molar-refractivity contribution in [3.8, 4) is 0 Å². The summed E-state index contributed by atoms with van der Waals surface area (Å²) in [7, 11) is -3.68. The minimum atomic E-state index is -3.68. The zero-order valence-electron chi connectivity index (χ0n) is 9.97. The molecule has 4 N–H and O–H groups in total. The minimum Gasteiger partial charge on any atom is -0.398 e. The molecule has 0 heterocycles. The highest BCUT2D eigenvalue weighted by atomic mass is 32.2. The molecule has 0 amide bonds. The average Bonchev–Trinajstić information content (AvgIpc) is 2.25. The van der Waals surface area contributed by atoms with E-state index >= 15 is 0 Å². The van der Waals surface area contributed by atoms with Crippen LogP contribution in [-0.4, -0.2) is 26.2 Å². The average molecular weight is 258 g/mol. The SMILES string of the molecule is CC[C@H](CO)NS(=O)(=O)c1c(C)cccc1N. The Bertz CT molecular complexity index is 461. The van der Waals surface area contributed by atoms with Gasteiger partial charge in [-0.25, -0.2) is 13.1 Å². The van der Waals surface area contributed by atoms with Crippen LogP contribution < -0.4 is 10.5 Å². The van der Waals surface area contributed by atoms with E-state index in [0.717, 1.165) is 0 Å². The molecule has 17 heavy (non-hydrogen) atoms. The van der Waals surface area contributed by atoms with Crippen molar-refractivity contribution in [2.45, 2.75) is 31.2 Å². The zero-order valence-corrected chi connectivity index (χ0v) is 10.8. The third-order valence-electron chi connectivity index (χ3n) is 2.55. The molecule has 0 saturated carbocycles. The summed E-state index contributed by atoms with van der Waals surface area (Å²) in [6.07, 6.45) is 0.515. The number of aliphatic hydroxyl groups is 1. The van der Waals surface area contributed by atoms with E-state index in [0.29, 0.717) is 12.0 Å². The number of nitrogens with two attached hydrogens (primary N) is 1. The first kappa shape index (κ1) is 14.0. The van der Waals surface area contributed by atoms with Gasteiger partial charge in [-0.2, -0.15) is 0 Å². The second-order valence-electron chi connectivity index (χ2n) is 3.90. The van der Waals surface area contributed by atoms with Crippen LogP contribution in [0.2, 0.25) is 0 Å². The fourth-order valence-corrected chi connectivity index (χ4v) is 3.24. The molecule has 0 radical (unpaired) electrons. The monoisotopic (exact) mass is 258 g/mol. The number of benzene rings is 1. The highest BCUT2D eigenvalue weighted by Gasteiger charge is 2.22. The second kappa shape index (κ2) is 5.48. The Morgan fingerprint density at radius 2 is 2.12 bits per heavy atom. The van der Waals surface area contributed by atoms with Crippen LogP contribution in [0.15, 0.2) is 23.1 Å². The third kappa shape index (κ3) is 3.18. The lowest BCUT2D eigenvalue weighted by atomic mass is 10.2. The molecule has 1 aromatic rings. The molecule has 6 heteroatoms. The van der Waals surface area contributed by atoms with Crippen LogP contribution in [0.25, 0.3) is 0 Å². The Morgan fingerprint density at radius 3 is 2.59 bits per heavy atom. The first-order valence-electron chi connectivity index (χ1n) is 5.40. The Morgan fingerprint density at radius 1 is 1.47 bits per heavy atom. The van der Waals surface area contributed by atoms with Crippen molar-refractivity contribution in [2.24, 2.45) is 0 Å². The molecule has 0 spiro atoms. The van der Waals surface area contributed by atoms with Crippen molar-refractivity contribution in [3.05, 3.63) is 23.8 Å². The van der Waals surface area contributed by atoms with Gasteiger partial charge in [0.2, 0.25) is 10.0 Å². The van der Waals surface area contributed by atoms with Gasteiger partial charge >= 0.3 is 0 Å². The van der Waals surface area contributed by atoms with Gasteiger partial charge < -0.3 is 10.8 Å². The maximum Gasteiger partial charge on any atom is 0.243 e. The first-order chi connectivity index (χ1) is 7.92. The summed E-state index contributed by atoms with van der Waals surface area (Å²) in [6, 6.07) is 4.44. The van der Waals surface area contributed by atoms with Crippen LogP contribution in [0.5, 0.6) is 0 Å². The quantitative estimate of drug-likeness (QED) is 0.675. The summed E-state index contributed by atoms with van der Waals surface area (Å²) in [4.78, 5) is 0.0897. The molecule has 5 nitrogen and oxygen atoms in total. The largest absolute Gasteiger partial charge is 0.398 e. The number of nitrogens with one attached hydrogen (secondary N) is 1. The smallest absolute Gasteiger partial charge is 0.243 e. The van der Waals surface area contributed by atoms with Gasteiger partial charge in [-0.1, -0.05) is 19.1 Å².